The molecular formula is C30H58N6O4. The van der Waals surface area contributed by atoms with Gasteiger partial charge in [-0.1, -0.05) is 20.8 Å². The molecule has 0 radical (unpaired) electrons. The van der Waals surface area contributed by atoms with Crippen molar-refractivity contribution in [2.24, 2.45) is 11.3 Å². The molecule has 10 heteroatoms. The molecule has 0 aromatic rings. The smallest absolute Gasteiger partial charge is 0.409 e. The first-order valence-corrected chi connectivity index (χ1v) is 15.0. The number of hydrazine groups is 2. The van der Waals surface area contributed by atoms with Gasteiger partial charge >= 0.3 is 12.2 Å². The van der Waals surface area contributed by atoms with Gasteiger partial charge in [-0.15, -0.1) is 0 Å². The Morgan fingerprint density at radius 3 is 1.48 bits per heavy atom. The highest BCUT2D eigenvalue weighted by Gasteiger charge is 2.58. The summed E-state index contributed by atoms with van der Waals surface area (Å²) in [5.41, 5.74) is 4.64. The Kier molecular flexibility index (Phi) is 8.21. The van der Waals surface area contributed by atoms with E-state index in [0.29, 0.717) is 18.8 Å². The second kappa shape index (κ2) is 9.99. The van der Waals surface area contributed by atoms with Crippen LogP contribution in [0.2, 0.25) is 0 Å². The number of hydrogen-bond donors (Lipinski definition) is 4. The van der Waals surface area contributed by atoms with Crippen LogP contribution in [-0.2, 0) is 0 Å². The Labute approximate surface area is 242 Å². The van der Waals surface area contributed by atoms with Gasteiger partial charge in [-0.05, 0) is 113 Å². The topological polar surface area (TPSA) is 112 Å². The van der Waals surface area contributed by atoms with Crippen molar-refractivity contribution >= 4 is 12.2 Å². The minimum absolute atomic E-state index is 0.0639. The van der Waals surface area contributed by atoms with Crippen molar-refractivity contribution in [3.05, 3.63) is 0 Å². The van der Waals surface area contributed by atoms with Crippen molar-refractivity contribution < 1.29 is 19.8 Å². The first-order chi connectivity index (χ1) is 17.8. The quantitative estimate of drug-likeness (QED) is 0.340. The van der Waals surface area contributed by atoms with Gasteiger partial charge in [-0.25, -0.2) is 30.5 Å². The van der Waals surface area contributed by atoms with Gasteiger partial charge in [0.2, 0.25) is 0 Å². The molecule has 40 heavy (non-hydrogen) atoms. The number of nitrogens with zero attached hydrogens (tertiary/aromatic N) is 4. The summed E-state index contributed by atoms with van der Waals surface area (Å²) in [6.45, 7) is 29.4. The Morgan fingerprint density at radius 2 is 1.05 bits per heavy atom. The van der Waals surface area contributed by atoms with Crippen molar-refractivity contribution in [3.63, 3.8) is 0 Å². The van der Waals surface area contributed by atoms with E-state index in [1.165, 1.54) is 0 Å². The molecule has 0 aromatic carbocycles. The predicted octanol–water partition coefficient (Wildman–Crippen LogP) is 5.76. The molecule has 4 N–H and O–H groups in total. The Hall–Kier alpha value is -1.62. The third-order valence-electron chi connectivity index (χ3n) is 10.0. The molecule has 2 saturated heterocycles. The van der Waals surface area contributed by atoms with Crippen LogP contribution in [-0.4, -0.2) is 88.3 Å². The first-order valence-electron chi connectivity index (χ1n) is 15.0. The van der Waals surface area contributed by atoms with E-state index in [-0.39, 0.29) is 23.5 Å². The van der Waals surface area contributed by atoms with Crippen molar-refractivity contribution in [2.75, 3.05) is 0 Å². The summed E-state index contributed by atoms with van der Waals surface area (Å²) in [5.74, 6) is 0.446. The van der Waals surface area contributed by atoms with Crippen LogP contribution in [0.1, 0.15) is 123 Å². The lowest BCUT2D eigenvalue weighted by atomic mass is 9.61. The second-order valence-electron chi connectivity index (χ2n) is 16.3. The summed E-state index contributed by atoms with van der Waals surface area (Å²) in [6, 6.07) is 0.117. The Bertz CT molecular complexity index is 995. The summed E-state index contributed by atoms with van der Waals surface area (Å²) in [5, 5.41) is 24.9. The molecule has 2 amide bonds. The molecule has 0 spiro atoms. The van der Waals surface area contributed by atoms with Crippen LogP contribution >= 0.6 is 0 Å². The van der Waals surface area contributed by atoms with Crippen LogP contribution in [0.3, 0.4) is 0 Å². The molecule has 3 fully saturated rings. The van der Waals surface area contributed by atoms with Crippen LogP contribution in [0.25, 0.3) is 0 Å². The highest BCUT2D eigenvalue weighted by atomic mass is 16.4. The van der Waals surface area contributed by atoms with E-state index >= 15 is 0 Å². The molecule has 2 heterocycles. The summed E-state index contributed by atoms with van der Waals surface area (Å²) >= 11 is 0. The number of nitrogens with one attached hydrogen (secondary N) is 2. The average molecular weight is 567 g/mol. The van der Waals surface area contributed by atoms with E-state index < -0.39 is 40.1 Å². The minimum Gasteiger partial charge on any atom is -0.465 e. The normalized spacial score (nSPS) is 37.2. The van der Waals surface area contributed by atoms with E-state index in [1.54, 1.807) is 9.80 Å². The zero-order chi connectivity index (χ0) is 31.0. The van der Waals surface area contributed by atoms with Crippen LogP contribution in [0.15, 0.2) is 0 Å². The maximum absolute atomic E-state index is 12.5. The van der Waals surface area contributed by atoms with Crippen LogP contribution in [0.4, 0.5) is 9.59 Å². The summed E-state index contributed by atoms with van der Waals surface area (Å²) < 4.78 is 0. The number of rotatable bonds is 4. The van der Waals surface area contributed by atoms with Crippen molar-refractivity contribution in [2.45, 2.75) is 169 Å². The van der Waals surface area contributed by atoms with Crippen molar-refractivity contribution in [3.8, 4) is 0 Å². The van der Waals surface area contributed by atoms with Crippen LogP contribution in [0.5, 0.6) is 0 Å². The zero-order valence-electron chi connectivity index (χ0n) is 27.6. The van der Waals surface area contributed by atoms with Crippen molar-refractivity contribution in [1.82, 2.24) is 30.7 Å². The number of amides is 2. The zero-order valence-corrected chi connectivity index (χ0v) is 27.6. The summed E-state index contributed by atoms with van der Waals surface area (Å²) in [7, 11) is 0. The second-order valence-corrected chi connectivity index (χ2v) is 16.3. The molecule has 3 rings (SSSR count). The summed E-state index contributed by atoms with van der Waals surface area (Å²) in [6.07, 6.45) is 1.45. The van der Waals surface area contributed by atoms with Crippen LogP contribution < -0.4 is 10.9 Å². The highest BCUT2D eigenvalue weighted by molar-refractivity contribution is 5.68. The fourth-order valence-electron chi connectivity index (χ4n) is 9.74. The monoisotopic (exact) mass is 566 g/mol. The van der Waals surface area contributed by atoms with E-state index in [0.717, 1.165) is 12.8 Å². The minimum atomic E-state index is -0.925. The number of carbonyl (C=O) groups is 2. The maximum Gasteiger partial charge on any atom is 0.409 e. The lowest BCUT2D eigenvalue weighted by Gasteiger charge is -2.65. The molecule has 5 unspecified atom stereocenters. The first kappa shape index (κ1) is 32.9. The fourth-order valence-corrected chi connectivity index (χ4v) is 9.74. The molecule has 1 saturated carbocycles. The largest absolute Gasteiger partial charge is 0.465 e. The summed E-state index contributed by atoms with van der Waals surface area (Å²) in [4.78, 5) is 28.2. The molecule has 5 atom stereocenters. The van der Waals surface area contributed by atoms with Gasteiger partial charge in [0, 0.05) is 34.7 Å². The molecule has 3 aliphatic rings. The fraction of sp³-hybridized carbons (Fsp3) is 0.933. The third-order valence-corrected chi connectivity index (χ3v) is 10.0. The third kappa shape index (κ3) is 5.45. The van der Waals surface area contributed by atoms with Gasteiger partial charge < -0.3 is 10.2 Å². The molecule has 232 valence electrons. The van der Waals surface area contributed by atoms with Crippen LogP contribution in [0, 0.1) is 11.3 Å². The van der Waals surface area contributed by atoms with E-state index in [4.69, 9.17) is 0 Å². The van der Waals surface area contributed by atoms with Gasteiger partial charge in [0.25, 0.3) is 0 Å². The van der Waals surface area contributed by atoms with E-state index in [2.05, 4.69) is 62.4 Å². The molecular weight excluding hydrogens is 508 g/mol. The van der Waals surface area contributed by atoms with Gasteiger partial charge in [-0.2, -0.15) is 0 Å². The average Bonchev–Trinajstić information content (AvgIpc) is 2.65. The van der Waals surface area contributed by atoms with Gasteiger partial charge in [0.05, 0.1) is 0 Å². The lowest BCUT2D eigenvalue weighted by molar-refractivity contribution is -0.198. The maximum atomic E-state index is 12.5. The van der Waals surface area contributed by atoms with Gasteiger partial charge in [0.1, 0.15) is 11.3 Å². The van der Waals surface area contributed by atoms with E-state index in [1.807, 2.05) is 55.4 Å². The SMILES string of the molecule is CC1CC(C)(C)C(NN2C(C)CC(C)(C)N(C(=O)O)C2(C)C)C(C)(NN2C(C)CC(C)(C)N(C(=O)O)C2(C)C)C1. The molecule has 2 aliphatic heterocycles. The predicted molar refractivity (Wildman–Crippen MR) is 159 cm³/mol. The van der Waals surface area contributed by atoms with E-state index in [9.17, 15) is 19.8 Å². The molecule has 0 bridgehead atoms. The highest BCUT2D eigenvalue weighted by Crippen LogP contribution is 2.48. The van der Waals surface area contributed by atoms with Gasteiger partial charge in [0.15, 0.2) is 0 Å². The number of carboxylic acid groups (broad SMARTS) is 2. The molecule has 0 aromatic heterocycles. The molecule has 10 nitrogen and oxygen atoms in total. The standard InChI is InChI=1S/C30H58N6O4/c1-19-15-25(4,5)22(31-35-20(2)17-26(6,7)33(23(37)38)28(35,10)11)30(14,16-19)32-36-21(3)18-27(8,9)34(24(39)40)29(36,12)13/h19-22,31-32H,15-18H2,1-14H3,(H,37,38)(H,39,40). The lowest BCUT2D eigenvalue weighted by Crippen LogP contribution is -2.82. The van der Waals surface area contributed by atoms with Gasteiger partial charge in [-0.3, -0.25) is 9.80 Å². The molecule has 1 aliphatic carbocycles. The van der Waals surface area contributed by atoms with Crippen molar-refractivity contribution in [1.29, 1.82) is 0 Å². The number of hydrogen-bond acceptors (Lipinski definition) is 6. The Morgan fingerprint density at radius 1 is 0.650 bits per heavy atom. The Balaban J connectivity index is 2.06.